The van der Waals surface area contributed by atoms with E-state index in [-0.39, 0.29) is 32.2 Å². The van der Waals surface area contributed by atoms with Crippen LogP contribution in [0.5, 0.6) is 5.75 Å². The number of hydrogen-bond donors (Lipinski definition) is 1. The van der Waals surface area contributed by atoms with E-state index >= 15 is 0 Å². The summed E-state index contributed by atoms with van der Waals surface area (Å²) >= 11 is 0. The van der Waals surface area contributed by atoms with Crippen molar-refractivity contribution in [3.63, 3.8) is 0 Å². The van der Waals surface area contributed by atoms with Crippen molar-refractivity contribution in [1.82, 2.24) is 14.5 Å². The first kappa shape index (κ1) is 36.1. The third-order valence-corrected chi connectivity index (χ3v) is 10.4. The molecule has 0 aliphatic carbocycles. The Labute approximate surface area is 326 Å². The van der Waals surface area contributed by atoms with Crippen LogP contribution >= 0.6 is 0 Å². The molecule has 0 atom stereocenters. The Morgan fingerprint density at radius 3 is 1.94 bits per heavy atom. The summed E-state index contributed by atoms with van der Waals surface area (Å²) in [6.07, 6.45) is 1.90. The Hall–Kier alpha value is -5.31. The minimum absolute atomic E-state index is 0. The maximum Gasteiger partial charge on any atom is 0.144 e. The molecule has 0 saturated heterocycles. The standard InChI is InChI=1S/C48H42N3O.Pt/c1-31-27-28-49-45-39(25-24-37(43(31)45)32-15-9-7-10-16-32)34-18-13-17-33(29-34)38-21-14-22-41-44(38)50-46(40-30-36(47(2,3)4)23-26-42(40)52)51(41)48(5,6)35-19-11-8-12-20-35;/h7-28,30,52H,1-6H3;/q-1;. The van der Waals surface area contributed by atoms with Crippen molar-refractivity contribution in [3.8, 4) is 50.5 Å². The summed E-state index contributed by atoms with van der Waals surface area (Å²) < 4.78 is 2.29. The Balaban J connectivity index is 0.00000435. The zero-order chi connectivity index (χ0) is 36.2. The monoisotopic (exact) mass is 871 g/mol. The summed E-state index contributed by atoms with van der Waals surface area (Å²) in [7, 11) is 0. The number of aromatic hydroxyl groups is 1. The van der Waals surface area contributed by atoms with E-state index in [1.165, 1.54) is 16.7 Å². The normalized spacial score (nSPS) is 11.9. The van der Waals surface area contributed by atoms with Gasteiger partial charge in [-0.1, -0.05) is 123 Å². The number of benzene rings is 6. The quantitative estimate of drug-likeness (QED) is 0.169. The molecule has 8 rings (SSSR count). The zero-order valence-electron chi connectivity index (χ0n) is 30.9. The van der Waals surface area contributed by atoms with Crippen molar-refractivity contribution in [1.29, 1.82) is 0 Å². The smallest absolute Gasteiger partial charge is 0.144 e. The van der Waals surface area contributed by atoms with Crippen molar-refractivity contribution < 1.29 is 26.2 Å². The van der Waals surface area contributed by atoms with E-state index in [0.29, 0.717) is 5.56 Å². The summed E-state index contributed by atoms with van der Waals surface area (Å²) in [5, 5.41) is 12.6. The second kappa shape index (κ2) is 13.9. The van der Waals surface area contributed by atoms with Gasteiger partial charge in [0.15, 0.2) is 0 Å². The second-order valence-corrected chi connectivity index (χ2v) is 15.2. The number of aromatic nitrogens is 3. The maximum atomic E-state index is 11.4. The molecular formula is C48H42N3OPt-. The molecule has 0 unspecified atom stereocenters. The fourth-order valence-electron chi connectivity index (χ4n) is 7.51. The van der Waals surface area contributed by atoms with Gasteiger partial charge < -0.3 is 9.67 Å². The van der Waals surface area contributed by atoms with Crippen LogP contribution in [0, 0.1) is 13.0 Å². The van der Waals surface area contributed by atoms with Crippen LogP contribution in [-0.2, 0) is 32.0 Å². The van der Waals surface area contributed by atoms with Crippen LogP contribution in [0.25, 0.3) is 66.7 Å². The van der Waals surface area contributed by atoms with Crippen molar-refractivity contribution in [2.24, 2.45) is 0 Å². The fourth-order valence-corrected chi connectivity index (χ4v) is 7.51. The van der Waals surface area contributed by atoms with Crippen LogP contribution in [0.15, 0.2) is 140 Å². The van der Waals surface area contributed by atoms with Gasteiger partial charge in [0.2, 0.25) is 0 Å². The summed E-state index contributed by atoms with van der Waals surface area (Å²) in [4.78, 5) is 10.3. The van der Waals surface area contributed by atoms with Gasteiger partial charge in [-0.3, -0.25) is 4.98 Å². The number of nitrogens with zero attached hydrogens (tertiary/aromatic N) is 3. The molecule has 0 saturated carbocycles. The molecular weight excluding hydrogens is 830 g/mol. The first-order chi connectivity index (χ1) is 25.0. The van der Waals surface area contributed by atoms with Crippen molar-refractivity contribution in [3.05, 3.63) is 162 Å². The summed E-state index contributed by atoms with van der Waals surface area (Å²) in [5.41, 5.74) is 12.6. The third-order valence-electron chi connectivity index (χ3n) is 10.4. The second-order valence-electron chi connectivity index (χ2n) is 15.2. The largest absolute Gasteiger partial charge is 0.507 e. The van der Waals surface area contributed by atoms with Gasteiger partial charge in [0.25, 0.3) is 0 Å². The fraction of sp³-hybridized carbons (Fsp3) is 0.167. The molecule has 2 aromatic heterocycles. The van der Waals surface area contributed by atoms with Crippen molar-refractivity contribution in [2.75, 3.05) is 0 Å². The number of pyridine rings is 1. The molecule has 0 aliphatic rings. The average Bonchev–Trinajstić information content (AvgIpc) is 3.56. The third kappa shape index (κ3) is 6.40. The van der Waals surface area contributed by atoms with Gasteiger partial charge in [0.1, 0.15) is 11.6 Å². The van der Waals surface area contributed by atoms with E-state index in [4.69, 9.17) is 9.97 Å². The van der Waals surface area contributed by atoms with Gasteiger partial charge >= 0.3 is 0 Å². The molecule has 0 fully saturated rings. The van der Waals surface area contributed by atoms with Gasteiger partial charge in [0, 0.05) is 38.2 Å². The number of imidazole rings is 1. The Morgan fingerprint density at radius 2 is 1.25 bits per heavy atom. The van der Waals surface area contributed by atoms with Gasteiger partial charge in [0.05, 0.1) is 22.1 Å². The van der Waals surface area contributed by atoms with Gasteiger partial charge in [-0.25, -0.2) is 4.98 Å². The van der Waals surface area contributed by atoms with Crippen LogP contribution in [0.3, 0.4) is 0 Å². The van der Waals surface area contributed by atoms with E-state index in [1.807, 2.05) is 24.4 Å². The van der Waals surface area contributed by atoms with Crippen LogP contribution < -0.4 is 0 Å². The minimum Gasteiger partial charge on any atom is -0.507 e. The van der Waals surface area contributed by atoms with E-state index in [9.17, 15) is 5.11 Å². The molecule has 53 heavy (non-hydrogen) atoms. The first-order valence-electron chi connectivity index (χ1n) is 17.9. The summed E-state index contributed by atoms with van der Waals surface area (Å²) in [6.45, 7) is 13.2. The van der Waals surface area contributed by atoms with Crippen molar-refractivity contribution in [2.45, 2.75) is 52.5 Å². The molecule has 0 spiro atoms. The molecule has 1 N–H and O–H groups in total. The number of para-hydroxylation sites is 1. The topological polar surface area (TPSA) is 50.9 Å². The average molecular weight is 872 g/mol. The molecule has 0 radical (unpaired) electrons. The number of phenolic OH excluding ortho intramolecular Hbond substituents is 1. The van der Waals surface area contributed by atoms with Crippen molar-refractivity contribution >= 4 is 21.9 Å². The van der Waals surface area contributed by atoms with E-state index in [0.717, 1.165) is 61.1 Å². The molecule has 6 aromatic carbocycles. The summed E-state index contributed by atoms with van der Waals surface area (Å²) in [6, 6.07) is 49.8. The Morgan fingerprint density at radius 1 is 0.604 bits per heavy atom. The Bertz CT molecular complexity index is 2600. The molecule has 0 aliphatic heterocycles. The molecule has 4 nitrogen and oxygen atoms in total. The molecule has 0 amide bonds. The van der Waals surface area contributed by atoms with Gasteiger partial charge in [-0.15, -0.1) is 35.4 Å². The van der Waals surface area contributed by atoms with Crippen LogP contribution in [0.2, 0.25) is 0 Å². The van der Waals surface area contributed by atoms with Gasteiger partial charge in [-0.2, -0.15) is 0 Å². The molecule has 0 bridgehead atoms. The number of hydrogen-bond acceptors (Lipinski definition) is 3. The van der Waals surface area contributed by atoms with Crippen LogP contribution in [0.4, 0.5) is 0 Å². The zero-order valence-corrected chi connectivity index (χ0v) is 33.2. The first-order valence-corrected chi connectivity index (χ1v) is 17.9. The number of aryl methyl sites for hydroxylation is 1. The van der Waals surface area contributed by atoms with Crippen LogP contribution in [-0.4, -0.2) is 19.6 Å². The SMILES string of the molecule is Cc1ccnc2c(-c3[c-]c(-c4cccc5c4nc(-c4cc(C(C)(C)C)ccc4O)n5C(C)(C)c4ccccc4)ccc3)ccc(-c3ccccc3)c12.[Pt]. The van der Waals surface area contributed by atoms with Crippen LogP contribution in [0.1, 0.15) is 51.3 Å². The molecule has 266 valence electrons. The number of phenols is 1. The minimum atomic E-state index is -0.497. The number of fused-ring (bicyclic) bond motifs is 2. The van der Waals surface area contributed by atoms with E-state index < -0.39 is 5.54 Å². The molecule has 2 heterocycles. The Kier molecular flexibility index (Phi) is 9.47. The summed E-state index contributed by atoms with van der Waals surface area (Å²) in [5.74, 6) is 0.926. The predicted molar refractivity (Wildman–Crippen MR) is 216 cm³/mol. The van der Waals surface area contributed by atoms with Gasteiger partial charge in [-0.05, 0) is 78.3 Å². The van der Waals surface area contributed by atoms with E-state index in [2.05, 4.69) is 161 Å². The molecule has 5 heteroatoms. The van der Waals surface area contributed by atoms with E-state index in [1.54, 1.807) is 6.07 Å². The maximum absolute atomic E-state index is 11.4. The number of rotatable bonds is 6. The molecule has 8 aromatic rings. The predicted octanol–water partition coefficient (Wildman–Crippen LogP) is 12.1.